The van der Waals surface area contributed by atoms with E-state index in [0.717, 1.165) is 29.0 Å². The molecule has 4 aromatic rings. The Labute approximate surface area is 200 Å². The van der Waals surface area contributed by atoms with Crippen LogP contribution in [0.3, 0.4) is 0 Å². The van der Waals surface area contributed by atoms with Gasteiger partial charge in [0.1, 0.15) is 18.2 Å². The van der Waals surface area contributed by atoms with E-state index in [-0.39, 0.29) is 17.3 Å². The molecule has 170 valence electrons. The molecule has 1 aliphatic carbocycles. The van der Waals surface area contributed by atoms with Crippen molar-refractivity contribution in [2.75, 3.05) is 5.32 Å². The Morgan fingerprint density at radius 1 is 0.912 bits per heavy atom. The monoisotopic (exact) mass is 469 g/mol. The number of fused-ring (bicyclic) bond motifs is 1. The van der Waals surface area contributed by atoms with Crippen LogP contribution in [-0.4, -0.2) is 16.0 Å². The highest BCUT2D eigenvalue weighted by atomic mass is 32.1. The maximum Gasteiger partial charge on any atom is 0.270 e. The summed E-state index contributed by atoms with van der Waals surface area (Å²) >= 11 is 1.68. The van der Waals surface area contributed by atoms with Gasteiger partial charge in [0, 0.05) is 34.4 Å². The van der Waals surface area contributed by atoms with Crippen LogP contribution in [0.2, 0.25) is 0 Å². The average Bonchev–Trinajstić information content (AvgIpc) is 3.53. The Morgan fingerprint density at radius 3 is 2.50 bits per heavy atom. The normalized spacial score (nSPS) is 19.4. The van der Waals surface area contributed by atoms with Gasteiger partial charge in [-0.2, -0.15) is 0 Å². The van der Waals surface area contributed by atoms with Crippen molar-refractivity contribution in [1.29, 1.82) is 0 Å². The van der Waals surface area contributed by atoms with Crippen LogP contribution in [0.4, 0.5) is 5.82 Å². The summed E-state index contributed by atoms with van der Waals surface area (Å²) in [6.07, 6.45) is 1.19. The number of Topliss-reactive ketones (excluding diaryl/α,β-unsaturated/α-hetero) is 1. The van der Waals surface area contributed by atoms with E-state index < -0.39 is 5.92 Å². The molecule has 0 spiro atoms. The van der Waals surface area contributed by atoms with Crippen molar-refractivity contribution in [3.8, 4) is 5.75 Å². The van der Waals surface area contributed by atoms with Crippen LogP contribution in [0, 0.1) is 0 Å². The van der Waals surface area contributed by atoms with Gasteiger partial charge >= 0.3 is 0 Å². The topological polar surface area (TPSA) is 87.0 Å². The zero-order valence-corrected chi connectivity index (χ0v) is 19.2. The molecule has 3 N–H and O–H groups in total. The summed E-state index contributed by atoms with van der Waals surface area (Å²) < 4.78 is 5.93. The molecule has 1 aliphatic heterocycles. The Balaban J connectivity index is 1.33. The van der Waals surface area contributed by atoms with Gasteiger partial charge in [-0.3, -0.25) is 19.8 Å². The predicted molar refractivity (Wildman–Crippen MR) is 132 cm³/mol. The van der Waals surface area contributed by atoms with Crippen LogP contribution in [0.15, 0.2) is 88.2 Å². The van der Waals surface area contributed by atoms with Crippen LogP contribution in [0.1, 0.15) is 46.2 Å². The molecular weight excluding hydrogens is 446 g/mol. The van der Waals surface area contributed by atoms with Crippen LogP contribution < -0.4 is 15.6 Å². The van der Waals surface area contributed by atoms with Crippen molar-refractivity contribution in [2.45, 2.75) is 31.3 Å². The molecule has 6 nitrogen and oxygen atoms in total. The highest BCUT2D eigenvalue weighted by Crippen LogP contribution is 2.47. The molecule has 0 fully saturated rings. The third kappa shape index (κ3) is 3.68. The van der Waals surface area contributed by atoms with Gasteiger partial charge in [-0.15, -0.1) is 11.3 Å². The molecule has 7 heteroatoms. The highest BCUT2D eigenvalue weighted by Gasteiger charge is 2.40. The lowest BCUT2D eigenvalue weighted by Crippen LogP contribution is -2.31. The summed E-state index contributed by atoms with van der Waals surface area (Å²) in [6, 6.07) is 21.8. The molecule has 2 aromatic heterocycles. The number of carbonyl (C=O) groups excluding carboxylic acids is 1. The van der Waals surface area contributed by atoms with E-state index in [1.807, 2.05) is 66.0 Å². The lowest BCUT2D eigenvalue weighted by atomic mass is 9.74. The minimum absolute atomic E-state index is 0.0906. The predicted octanol–water partition coefficient (Wildman–Crippen LogP) is 5.30. The molecule has 0 radical (unpaired) electrons. The number of anilines is 1. The number of hydrogen-bond acceptors (Lipinski definition) is 5. The van der Waals surface area contributed by atoms with Gasteiger partial charge in [0.2, 0.25) is 0 Å². The number of hydrogen-bond donors (Lipinski definition) is 3. The second-order valence-corrected chi connectivity index (χ2v) is 9.68. The van der Waals surface area contributed by atoms with Gasteiger partial charge < -0.3 is 10.1 Å². The number of ether oxygens (including phenoxy) is 1. The quantitative estimate of drug-likeness (QED) is 0.370. The fraction of sp³-hybridized carbons (Fsp3) is 0.185. The number of aromatic amines is 2. The highest BCUT2D eigenvalue weighted by molar-refractivity contribution is 7.10. The van der Waals surface area contributed by atoms with E-state index in [1.54, 1.807) is 11.3 Å². The number of thiophene rings is 1. The number of benzene rings is 2. The first-order chi connectivity index (χ1) is 16.7. The molecule has 0 saturated carbocycles. The molecule has 3 heterocycles. The number of nitrogens with one attached hydrogen (secondary N) is 3. The summed E-state index contributed by atoms with van der Waals surface area (Å²) in [4.78, 5) is 27.4. The lowest BCUT2D eigenvalue weighted by Gasteiger charge is -2.34. The van der Waals surface area contributed by atoms with Crippen molar-refractivity contribution in [1.82, 2.24) is 10.2 Å². The first-order valence-electron chi connectivity index (χ1n) is 11.3. The molecule has 2 aromatic carbocycles. The number of carbonyl (C=O) groups is 1. The maximum atomic E-state index is 13.4. The zero-order chi connectivity index (χ0) is 23.1. The van der Waals surface area contributed by atoms with Gasteiger partial charge in [0.05, 0.1) is 5.56 Å². The van der Waals surface area contributed by atoms with E-state index in [9.17, 15) is 9.59 Å². The lowest BCUT2D eigenvalue weighted by molar-refractivity contribution is -0.116. The molecule has 6 rings (SSSR count). The first kappa shape index (κ1) is 20.7. The van der Waals surface area contributed by atoms with E-state index in [4.69, 9.17) is 4.74 Å². The Bertz CT molecular complexity index is 1420. The molecule has 0 bridgehead atoms. The van der Waals surface area contributed by atoms with E-state index in [1.165, 1.54) is 4.88 Å². The van der Waals surface area contributed by atoms with Crippen molar-refractivity contribution >= 4 is 22.9 Å². The SMILES string of the molecule is O=C1C[C@@H](c2cccs2)CC2=C1[C@H](c1ccc(OCc3ccccc3)cc1)c1c([nH][nH]c1=O)N2. The third-order valence-electron chi connectivity index (χ3n) is 6.58. The Kier molecular flexibility index (Phi) is 5.19. The number of allylic oxidation sites excluding steroid dienone is 2. The number of ketones is 1. The minimum Gasteiger partial charge on any atom is -0.489 e. The van der Waals surface area contributed by atoms with Crippen LogP contribution in [0.5, 0.6) is 5.75 Å². The molecule has 2 atom stereocenters. The van der Waals surface area contributed by atoms with Gasteiger partial charge in [-0.05, 0) is 41.1 Å². The average molecular weight is 470 g/mol. The summed E-state index contributed by atoms with van der Waals surface area (Å²) in [5.41, 5.74) is 3.93. The van der Waals surface area contributed by atoms with Crippen LogP contribution >= 0.6 is 11.3 Å². The van der Waals surface area contributed by atoms with Crippen molar-refractivity contribution in [3.05, 3.63) is 115 Å². The molecule has 0 amide bonds. The van der Waals surface area contributed by atoms with E-state index >= 15 is 0 Å². The fourth-order valence-electron chi connectivity index (χ4n) is 4.98. The number of rotatable bonds is 5. The fourth-order valence-corrected chi connectivity index (χ4v) is 5.81. The third-order valence-corrected chi connectivity index (χ3v) is 7.62. The Morgan fingerprint density at radius 2 is 1.74 bits per heavy atom. The molecule has 34 heavy (non-hydrogen) atoms. The van der Waals surface area contributed by atoms with Crippen LogP contribution in [0.25, 0.3) is 0 Å². The smallest absolute Gasteiger partial charge is 0.270 e. The standard InChI is InChI=1S/C27H23N3O3S/c31-21-14-18(22-7-4-12-34-22)13-20-24(21)23(25-26(28-20)29-30-27(25)32)17-8-10-19(11-9-17)33-15-16-5-2-1-3-6-16/h1-12,18,23H,13-15H2,(H3,28,29,30,32)/t18-,23-/m0/s1. The zero-order valence-electron chi connectivity index (χ0n) is 18.3. The van der Waals surface area contributed by atoms with Gasteiger partial charge in [-0.25, -0.2) is 0 Å². The molecule has 0 unspecified atom stereocenters. The largest absolute Gasteiger partial charge is 0.489 e. The number of aromatic nitrogens is 2. The van der Waals surface area contributed by atoms with Crippen molar-refractivity contribution in [2.24, 2.45) is 0 Å². The van der Waals surface area contributed by atoms with E-state index in [0.29, 0.717) is 30.0 Å². The first-order valence-corrected chi connectivity index (χ1v) is 12.2. The van der Waals surface area contributed by atoms with Crippen molar-refractivity contribution < 1.29 is 9.53 Å². The summed E-state index contributed by atoms with van der Waals surface area (Å²) in [7, 11) is 0. The van der Waals surface area contributed by atoms with Crippen molar-refractivity contribution in [3.63, 3.8) is 0 Å². The summed E-state index contributed by atoms with van der Waals surface area (Å²) in [5, 5.41) is 11.0. The second-order valence-electron chi connectivity index (χ2n) is 8.71. The maximum absolute atomic E-state index is 13.4. The molecular formula is C27H23N3O3S. The molecule has 2 aliphatic rings. The van der Waals surface area contributed by atoms with E-state index in [2.05, 4.69) is 21.6 Å². The summed E-state index contributed by atoms with van der Waals surface area (Å²) in [5.74, 6) is 1.21. The minimum atomic E-state index is -0.416. The van der Waals surface area contributed by atoms with Gasteiger partial charge in [0.15, 0.2) is 5.78 Å². The second kappa shape index (κ2) is 8.50. The molecule has 0 saturated heterocycles. The Hall–Kier alpha value is -3.84. The number of H-pyrrole nitrogens is 2. The summed E-state index contributed by atoms with van der Waals surface area (Å²) in [6.45, 7) is 0.479. The van der Waals surface area contributed by atoms with Crippen LogP contribution in [-0.2, 0) is 11.4 Å². The van der Waals surface area contributed by atoms with Gasteiger partial charge in [0.25, 0.3) is 5.56 Å². The van der Waals surface area contributed by atoms with Gasteiger partial charge in [-0.1, -0.05) is 48.5 Å².